The topological polar surface area (TPSA) is 64.8 Å². The van der Waals surface area contributed by atoms with E-state index in [1.54, 1.807) is 31.5 Å². The predicted molar refractivity (Wildman–Crippen MR) is 127 cm³/mol. The molecule has 1 heterocycles. The Balaban J connectivity index is 1.48. The first-order valence-electron chi connectivity index (χ1n) is 9.98. The van der Waals surface area contributed by atoms with Crippen LogP contribution in [0.5, 0.6) is 11.5 Å². The molecule has 1 aromatic heterocycles. The Morgan fingerprint density at radius 1 is 1.12 bits per heavy atom. The zero-order chi connectivity index (χ0) is 22.5. The highest BCUT2D eigenvalue weighted by Gasteiger charge is 2.13. The van der Waals surface area contributed by atoms with Crippen molar-refractivity contribution in [1.82, 2.24) is 9.99 Å². The molecular formula is C25H22ClN3O3. The molecule has 0 aliphatic rings. The highest BCUT2D eigenvalue weighted by Crippen LogP contribution is 2.24. The third-order valence-corrected chi connectivity index (χ3v) is 5.25. The van der Waals surface area contributed by atoms with Gasteiger partial charge < -0.3 is 14.0 Å². The number of ether oxygens (including phenoxy) is 2. The minimum absolute atomic E-state index is 0.293. The number of para-hydroxylation sites is 1. The Bertz CT molecular complexity index is 1300. The summed E-state index contributed by atoms with van der Waals surface area (Å²) in [4.78, 5) is 12.7. The van der Waals surface area contributed by atoms with Gasteiger partial charge in [-0.1, -0.05) is 41.9 Å². The summed E-state index contributed by atoms with van der Waals surface area (Å²) in [6, 6.07) is 20.6. The van der Waals surface area contributed by atoms with Crippen molar-refractivity contribution in [3.63, 3.8) is 0 Å². The first-order chi connectivity index (χ1) is 15.5. The fourth-order valence-corrected chi connectivity index (χ4v) is 3.60. The standard InChI is InChI=1S/C25H22ClN3O3/c1-29-15-22(21-8-3-4-9-23(21)29)25(30)28-27-14-18-13-19(26)10-11-24(18)32-16-17-6-5-7-20(12-17)31-2/h3-15H,16H2,1-2H3,(H,28,30). The number of methoxy groups -OCH3 is 1. The summed E-state index contributed by atoms with van der Waals surface area (Å²) in [5.74, 6) is 1.07. The van der Waals surface area contributed by atoms with Crippen LogP contribution in [0.4, 0.5) is 0 Å². The van der Waals surface area contributed by atoms with E-state index in [4.69, 9.17) is 21.1 Å². The zero-order valence-electron chi connectivity index (χ0n) is 17.7. The molecule has 162 valence electrons. The number of aromatic nitrogens is 1. The largest absolute Gasteiger partial charge is 0.497 e. The summed E-state index contributed by atoms with van der Waals surface area (Å²) >= 11 is 6.16. The van der Waals surface area contributed by atoms with E-state index in [0.717, 1.165) is 22.2 Å². The van der Waals surface area contributed by atoms with Gasteiger partial charge in [-0.25, -0.2) is 5.43 Å². The van der Waals surface area contributed by atoms with Gasteiger partial charge in [0, 0.05) is 34.7 Å². The second kappa shape index (κ2) is 9.58. The highest BCUT2D eigenvalue weighted by molar-refractivity contribution is 6.30. The first-order valence-corrected chi connectivity index (χ1v) is 10.4. The Morgan fingerprint density at radius 3 is 2.81 bits per heavy atom. The normalized spacial score (nSPS) is 11.1. The number of carbonyl (C=O) groups excluding carboxylic acids is 1. The lowest BCUT2D eigenvalue weighted by Gasteiger charge is -2.10. The first kappa shape index (κ1) is 21.5. The van der Waals surface area contributed by atoms with Crippen molar-refractivity contribution in [3.05, 3.63) is 94.6 Å². The summed E-state index contributed by atoms with van der Waals surface area (Å²) in [5, 5.41) is 5.54. The van der Waals surface area contributed by atoms with Gasteiger partial charge in [-0.15, -0.1) is 0 Å². The van der Waals surface area contributed by atoms with Crippen LogP contribution in [0, 0.1) is 0 Å². The molecule has 0 bridgehead atoms. The van der Waals surface area contributed by atoms with Crippen molar-refractivity contribution in [2.45, 2.75) is 6.61 Å². The molecule has 7 heteroatoms. The van der Waals surface area contributed by atoms with E-state index in [0.29, 0.717) is 28.5 Å². The van der Waals surface area contributed by atoms with Crippen LogP contribution in [0.25, 0.3) is 10.9 Å². The second-order valence-corrected chi connectivity index (χ2v) is 7.63. The Kier molecular flexibility index (Phi) is 6.42. The molecule has 0 fully saturated rings. The average molecular weight is 448 g/mol. The second-order valence-electron chi connectivity index (χ2n) is 7.19. The summed E-state index contributed by atoms with van der Waals surface area (Å²) in [7, 11) is 3.53. The van der Waals surface area contributed by atoms with Crippen LogP contribution in [-0.2, 0) is 13.7 Å². The highest BCUT2D eigenvalue weighted by atomic mass is 35.5. The molecule has 4 rings (SSSR count). The fraction of sp³-hybridized carbons (Fsp3) is 0.120. The van der Waals surface area contributed by atoms with E-state index in [2.05, 4.69) is 10.5 Å². The van der Waals surface area contributed by atoms with Gasteiger partial charge in [0.2, 0.25) is 0 Å². The van der Waals surface area contributed by atoms with E-state index in [1.165, 1.54) is 6.21 Å². The maximum Gasteiger partial charge on any atom is 0.273 e. The summed E-state index contributed by atoms with van der Waals surface area (Å²) in [6.45, 7) is 0.349. The molecule has 0 aliphatic heterocycles. The maximum absolute atomic E-state index is 12.7. The molecule has 6 nitrogen and oxygen atoms in total. The molecule has 1 N–H and O–H groups in total. The number of hydrogen-bond acceptors (Lipinski definition) is 4. The van der Waals surface area contributed by atoms with Crippen LogP contribution >= 0.6 is 11.6 Å². The van der Waals surface area contributed by atoms with Gasteiger partial charge in [0.1, 0.15) is 18.1 Å². The molecule has 4 aromatic rings. The molecule has 0 atom stereocenters. The number of carbonyl (C=O) groups is 1. The van der Waals surface area contributed by atoms with Gasteiger partial charge >= 0.3 is 0 Å². The van der Waals surface area contributed by atoms with Crippen LogP contribution < -0.4 is 14.9 Å². The van der Waals surface area contributed by atoms with Crippen molar-refractivity contribution >= 4 is 34.6 Å². The van der Waals surface area contributed by atoms with E-state index in [1.807, 2.05) is 60.1 Å². The molecule has 1 amide bonds. The lowest BCUT2D eigenvalue weighted by Crippen LogP contribution is -2.17. The molecule has 0 aliphatic carbocycles. The molecule has 3 aromatic carbocycles. The summed E-state index contributed by atoms with van der Waals surface area (Å²) < 4.78 is 13.1. The van der Waals surface area contributed by atoms with Gasteiger partial charge in [-0.2, -0.15) is 5.10 Å². The quantitative estimate of drug-likeness (QED) is 0.313. The third-order valence-electron chi connectivity index (χ3n) is 5.01. The van der Waals surface area contributed by atoms with Gasteiger partial charge in [0.05, 0.1) is 18.9 Å². The zero-order valence-corrected chi connectivity index (χ0v) is 18.5. The van der Waals surface area contributed by atoms with Gasteiger partial charge in [-0.05, 0) is 42.0 Å². The number of hydrazone groups is 1. The van der Waals surface area contributed by atoms with Crippen molar-refractivity contribution in [3.8, 4) is 11.5 Å². The number of amides is 1. The maximum atomic E-state index is 12.7. The molecule has 0 spiro atoms. The fourth-order valence-electron chi connectivity index (χ4n) is 3.42. The van der Waals surface area contributed by atoms with E-state index < -0.39 is 0 Å². The molecular weight excluding hydrogens is 426 g/mol. The smallest absolute Gasteiger partial charge is 0.273 e. The van der Waals surface area contributed by atoms with Crippen molar-refractivity contribution in [2.75, 3.05) is 7.11 Å². The number of halogens is 1. The SMILES string of the molecule is COc1cccc(COc2ccc(Cl)cc2C=NNC(=O)c2cn(C)c3ccccc23)c1. The Labute approximate surface area is 191 Å². The van der Waals surface area contributed by atoms with E-state index >= 15 is 0 Å². The number of hydrogen-bond donors (Lipinski definition) is 1. The van der Waals surface area contributed by atoms with Crippen molar-refractivity contribution in [1.29, 1.82) is 0 Å². The summed E-state index contributed by atoms with van der Waals surface area (Å²) in [6.07, 6.45) is 3.31. The number of aryl methyl sites for hydroxylation is 1. The van der Waals surface area contributed by atoms with E-state index in [9.17, 15) is 4.79 Å². The number of benzene rings is 3. The minimum Gasteiger partial charge on any atom is -0.497 e. The molecule has 32 heavy (non-hydrogen) atoms. The molecule has 0 radical (unpaired) electrons. The van der Waals surface area contributed by atoms with E-state index in [-0.39, 0.29) is 5.91 Å². The number of fused-ring (bicyclic) bond motifs is 1. The monoisotopic (exact) mass is 447 g/mol. The van der Waals surface area contributed by atoms with Crippen molar-refractivity contribution in [2.24, 2.45) is 12.1 Å². The molecule has 0 saturated carbocycles. The predicted octanol–water partition coefficient (Wildman–Crippen LogP) is 5.18. The minimum atomic E-state index is -0.293. The van der Waals surface area contributed by atoms with Crippen LogP contribution in [0.15, 0.2) is 78.0 Å². The summed E-state index contributed by atoms with van der Waals surface area (Å²) in [5.41, 5.74) is 5.74. The van der Waals surface area contributed by atoms with Crippen LogP contribution in [-0.4, -0.2) is 23.8 Å². The third kappa shape index (κ3) is 4.76. The lowest BCUT2D eigenvalue weighted by atomic mass is 10.2. The van der Waals surface area contributed by atoms with Crippen LogP contribution in [0.1, 0.15) is 21.5 Å². The van der Waals surface area contributed by atoms with Gasteiger partial charge in [0.25, 0.3) is 5.91 Å². The number of nitrogens with one attached hydrogen (secondary N) is 1. The average Bonchev–Trinajstić information content (AvgIpc) is 3.15. The van der Waals surface area contributed by atoms with Crippen LogP contribution in [0.3, 0.4) is 0 Å². The molecule has 0 saturated heterocycles. The number of rotatable bonds is 7. The van der Waals surface area contributed by atoms with Crippen molar-refractivity contribution < 1.29 is 14.3 Å². The van der Waals surface area contributed by atoms with Crippen LogP contribution in [0.2, 0.25) is 5.02 Å². The lowest BCUT2D eigenvalue weighted by molar-refractivity contribution is 0.0956. The van der Waals surface area contributed by atoms with Gasteiger partial charge in [-0.3, -0.25) is 4.79 Å². The Hall–Kier alpha value is -3.77. The van der Waals surface area contributed by atoms with Gasteiger partial charge in [0.15, 0.2) is 0 Å². The Morgan fingerprint density at radius 2 is 1.97 bits per heavy atom. The number of nitrogens with zero attached hydrogens (tertiary/aromatic N) is 2. The molecule has 0 unspecified atom stereocenters.